The van der Waals surface area contributed by atoms with Crippen molar-refractivity contribution in [3.8, 4) is 0 Å². The third kappa shape index (κ3) is 4.73. The van der Waals surface area contributed by atoms with Gasteiger partial charge in [0.25, 0.3) is 0 Å². The van der Waals surface area contributed by atoms with E-state index in [0.29, 0.717) is 28.2 Å². The Bertz CT molecular complexity index is 1040. The van der Waals surface area contributed by atoms with Gasteiger partial charge in [-0.2, -0.15) is 0 Å². The summed E-state index contributed by atoms with van der Waals surface area (Å²) in [6.45, 7) is 2.70. The van der Waals surface area contributed by atoms with Gasteiger partial charge in [-0.1, -0.05) is 53.0 Å². The Hall–Kier alpha value is -1.85. The van der Waals surface area contributed by atoms with E-state index in [-0.39, 0.29) is 6.04 Å². The number of piperazine rings is 1. The molecular formula is C23H19Cl3F2N2. The normalized spacial score (nSPS) is 17.4. The average Bonchev–Trinajstić information content (AvgIpc) is 2.72. The number of hydrogen-bond donors (Lipinski definition) is 0. The second-order valence-electron chi connectivity index (χ2n) is 7.34. The van der Waals surface area contributed by atoms with Crippen LogP contribution >= 0.6 is 34.8 Å². The topological polar surface area (TPSA) is 6.48 Å². The van der Waals surface area contributed by atoms with E-state index >= 15 is 0 Å². The van der Waals surface area contributed by atoms with Crippen molar-refractivity contribution in [1.82, 2.24) is 4.90 Å². The fraction of sp³-hybridized carbons (Fsp3) is 0.217. The zero-order valence-corrected chi connectivity index (χ0v) is 18.2. The Morgan fingerprint density at radius 2 is 1.53 bits per heavy atom. The Morgan fingerprint density at radius 3 is 2.23 bits per heavy atom. The molecular weight excluding hydrogens is 449 g/mol. The van der Waals surface area contributed by atoms with Crippen LogP contribution in [0.4, 0.5) is 14.5 Å². The van der Waals surface area contributed by atoms with Crippen LogP contribution in [0.3, 0.4) is 0 Å². The lowest BCUT2D eigenvalue weighted by atomic mass is 10.0. The van der Waals surface area contributed by atoms with Gasteiger partial charge in [0, 0.05) is 36.2 Å². The third-order valence-electron chi connectivity index (χ3n) is 5.33. The predicted octanol–water partition coefficient (Wildman–Crippen LogP) is 6.99. The minimum Gasteiger partial charge on any atom is -0.361 e. The number of halogens is 5. The van der Waals surface area contributed by atoms with Crippen molar-refractivity contribution in [2.24, 2.45) is 0 Å². The molecule has 7 heteroatoms. The molecule has 0 aromatic heterocycles. The maximum atomic E-state index is 13.6. The van der Waals surface area contributed by atoms with E-state index in [1.54, 1.807) is 12.1 Å². The molecule has 156 valence electrons. The van der Waals surface area contributed by atoms with E-state index in [1.165, 1.54) is 12.1 Å². The van der Waals surface area contributed by atoms with E-state index in [2.05, 4.69) is 9.80 Å². The largest absolute Gasteiger partial charge is 0.361 e. The Labute approximate surface area is 189 Å². The van der Waals surface area contributed by atoms with Crippen LogP contribution in [0.25, 0.3) is 0 Å². The van der Waals surface area contributed by atoms with Crippen molar-refractivity contribution in [3.63, 3.8) is 0 Å². The summed E-state index contributed by atoms with van der Waals surface area (Å²) in [7, 11) is 0. The number of rotatable bonds is 4. The lowest BCUT2D eigenvalue weighted by Crippen LogP contribution is -2.48. The van der Waals surface area contributed by atoms with Crippen molar-refractivity contribution >= 4 is 40.5 Å². The second-order valence-corrected chi connectivity index (χ2v) is 8.62. The molecule has 1 heterocycles. The third-order valence-corrected chi connectivity index (χ3v) is 6.12. The molecule has 1 atom stereocenters. The van der Waals surface area contributed by atoms with Gasteiger partial charge in [-0.15, -0.1) is 0 Å². The molecule has 0 amide bonds. The Morgan fingerprint density at radius 1 is 0.800 bits per heavy atom. The van der Waals surface area contributed by atoms with E-state index < -0.39 is 11.6 Å². The minimum absolute atomic E-state index is 0.0139. The zero-order valence-electron chi connectivity index (χ0n) is 16.0. The highest BCUT2D eigenvalue weighted by Crippen LogP contribution is 2.37. The van der Waals surface area contributed by atoms with Gasteiger partial charge in [-0.05, 0) is 53.6 Å². The van der Waals surface area contributed by atoms with Crippen molar-refractivity contribution in [3.05, 3.63) is 98.5 Å². The van der Waals surface area contributed by atoms with Gasteiger partial charge in [0.15, 0.2) is 11.6 Å². The smallest absolute Gasteiger partial charge is 0.159 e. The van der Waals surface area contributed by atoms with Crippen molar-refractivity contribution < 1.29 is 8.78 Å². The van der Waals surface area contributed by atoms with E-state index in [4.69, 9.17) is 34.8 Å². The van der Waals surface area contributed by atoms with E-state index in [9.17, 15) is 8.78 Å². The average molecular weight is 468 g/mol. The summed E-state index contributed by atoms with van der Waals surface area (Å²) in [6.07, 6.45) is 0. The molecule has 1 saturated heterocycles. The van der Waals surface area contributed by atoms with Crippen LogP contribution in [0.2, 0.25) is 15.1 Å². The molecule has 0 aliphatic carbocycles. The number of hydrogen-bond acceptors (Lipinski definition) is 2. The lowest BCUT2D eigenvalue weighted by molar-refractivity contribution is 0.215. The Balaban J connectivity index is 1.62. The minimum atomic E-state index is -0.833. The standard InChI is InChI=1S/C23H19Cl3F2N2/c24-17-4-2-16(3-5-17)23-14-29(13-15-1-7-20(27)21(28)11-15)9-10-30(23)22-8-6-18(25)12-19(22)26/h1-8,11-12,23H,9-10,13-14H2. The first kappa shape index (κ1) is 21.4. The van der Waals surface area contributed by atoms with Crippen LogP contribution in [0.15, 0.2) is 60.7 Å². The quantitative estimate of drug-likeness (QED) is 0.408. The molecule has 0 saturated carbocycles. The first-order chi connectivity index (χ1) is 14.4. The predicted molar refractivity (Wildman–Crippen MR) is 120 cm³/mol. The fourth-order valence-electron chi connectivity index (χ4n) is 3.85. The molecule has 3 aromatic carbocycles. The molecule has 0 N–H and O–H groups in total. The number of benzene rings is 3. The van der Waals surface area contributed by atoms with Gasteiger partial charge < -0.3 is 4.90 Å². The van der Waals surface area contributed by atoms with Crippen LogP contribution in [-0.4, -0.2) is 24.5 Å². The molecule has 2 nitrogen and oxygen atoms in total. The molecule has 3 aromatic rings. The van der Waals surface area contributed by atoms with Gasteiger partial charge >= 0.3 is 0 Å². The lowest BCUT2D eigenvalue weighted by Gasteiger charge is -2.43. The molecule has 30 heavy (non-hydrogen) atoms. The maximum Gasteiger partial charge on any atom is 0.159 e. The van der Waals surface area contributed by atoms with Crippen LogP contribution in [-0.2, 0) is 6.54 Å². The highest BCUT2D eigenvalue weighted by atomic mass is 35.5. The van der Waals surface area contributed by atoms with Crippen molar-refractivity contribution in [1.29, 1.82) is 0 Å². The summed E-state index contributed by atoms with van der Waals surface area (Å²) in [5.74, 6) is -1.66. The van der Waals surface area contributed by atoms with Crippen LogP contribution < -0.4 is 4.90 Å². The van der Waals surface area contributed by atoms with Gasteiger partial charge in [-0.25, -0.2) is 8.78 Å². The summed E-state index contributed by atoms with van der Waals surface area (Å²) in [4.78, 5) is 4.48. The van der Waals surface area contributed by atoms with E-state index in [1.807, 2.05) is 36.4 Å². The number of nitrogens with zero attached hydrogens (tertiary/aromatic N) is 2. The summed E-state index contributed by atoms with van der Waals surface area (Å²) >= 11 is 18.7. The summed E-state index contributed by atoms with van der Waals surface area (Å²) in [5.41, 5.74) is 2.75. The highest BCUT2D eigenvalue weighted by molar-refractivity contribution is 6.36. The summed E-state index contributed by atoms with van der Waals surface area (Å²) < 4.78 is 26.9. The summed E-state index contributed by atoms with van der Waals surface area (Å²) in [5, 5.41) is 1.85. The molecule has 0 radical (unpaired) electrons. The first-order valence-electron chi connectivity index (χ1n) is 9.54. The Kier molecular flexibility index (Phi) is 6.49. The van der Waals surface area contributed by atoms with Gasteiger partial charge in [0.1, 0.15) is 0 Å². The van der Waals surface area contributed by atoms with E-state index in [0.717, 1.165) is 29.9 Å². The zero-order chi connectivity index (χ0) is 21.3. The van der Waals surface area contributed by atoms with Gasteiger partial charge in [-0.3, -0.25) is 4.90 Å². The molecule has 0 bridgehead atoms. The van der Waals surface area contributed by atoms with Crippen molar-refractivity contribution in [2.75, 3.05) is 24.5 Å². The monoisotopic (exact) mass is 466 g/mol. The number of anilines is 1. The maximum absolute atomic E-state index is 13.6. The first-order valence-corrected chi connectivity index (χ1v) is 10.7. The summed E-state index contributed by atoms with van der Waals surface area (Å²) in [6, 6.07) is 17.3. The van der Waals surface area contributed by atoms with Gasteiger partial charge in [0.05, 0.1) is 16.8 Å². The highest BCUT2D eigenvalue weighted by Gasteiger charge is 2.30. The van der Waals surface area contributed by atoms with Crippen molar-refractivity contribution in [2.45, 2.75) is 12.6 Å². The fourth-order valence-corrected chi connectivity index (χ4v) is 4.50. The van der Waals surface area contributed by atoms with Gasteiger partial charge in [0.2, 0.25) is 0 Å². The SMILES string of the molecule is Fc1ccc(CN2CCN(c3ccc(Cl)cc3Cl)C(c3ccc(Cl)cc3)C2)cc1F. The molecule has 4 rings (SSSR count). The van der Waals surface area contributed by atoms with Crippen LogP contribution in [0.1, 0.15) is 17.2 Å². The molecule has 1 aliphatic heterocycles. The molecule has 0 spiro atoms. The molecule has 1 fully saturated rings. The van der Waals surface area contributed by atoms with Crippen LogP contribution in [0, 0.1) is 11.6 Å². The molecule has 1 unspecified atom stereocenters. The molecule has 1 aliphatic rings. The van der Waals surface area contributed by atoms with Crippen LogP contribution in [0.5, 0.6) is 0 Å². The second kappa shape index (κ2) is 9.11.